The van der Waals surface area contributed by atoms with Crippen LogP contribution < -0.4 is 15.5 Å². The third-order valence-corrected chi connectivity index (χ3v) is 6.19. The maximum atomic E-state index is 12.9. The first-order valence-corrected chi connectivity index (χ1v) is 12.1. The van der Waals surface area contributed by atoms with Crippen LogP contribution in [0.25, 0.3) is 0 Å². The number of rotatable bonds is 6. The molecule has 2 N–H and O–H groups in total. The van der Waals surface area contributed by atoms with Crippen LogP contribution in [0.15, 0.2) is 42.5 Å². The van der Waals surface area contributed by atoms with E-state index >= 15 is 0 Å². The van der Waals surface area contributed by atoms with Crippen molar-refractivity contribution < 1.29 is 14.3 Å². The van der Waals surface area contributed by atoms with Gasteiger partial charge in [-0.2, -0.15) is 0 Å². The fourth-order valence-electron chi connectivity index (χ4n) is 4.29. The van der Waals surface area contributed by atoms with E-state index < -0.39 is 0 Å². The molecule has 0 aromatic heterocycles. The molecule has 178 valence electrons. The molecule has 0 saturated heterocycles. The highest BCUT2D eigenvalue weighted by molar-refractivity contribution is 5.98. The van der Waals surface area contributed by atoms with Gasteiger partial charge in [0.05, 0.1) is 0 Å². The van der Waals surface area contributed by atoms with Gasteiger partial charge in [-0.05, 0) is 67.6 Å². The lowest BCUT2D eigenvalue weighted by Crippen LogP contribution is -2.36. The number of fused-ring (bicyclic) bond motifs is 1. The number of methoxy groups -OCH3 is 1. The maximum Gasteiger partial charge on any atom is 0.252 e. The summed E-state index contributed by atoms with van der Waals surface area (Å²) in [6.45, 7) is 4.93. The van der Waals surface area contributed by atoms with Crippen LogP contribution in [-0.4, -0.2) is 45.2 Å². The highest BCUT2D eigenvalue weighted by Crippen LogP contribution is 2.24. The third kappa shape index (κ3) is 7.41. The first kappa shape index (κ1) is 24.9. The van der Waals surface area contributed by atoms with Gasteiger partial charge in [-0.25, -0.2) is 0 Å². The summed E-state index contributed by atoms with van der Waals surface area (Å²) in [5.41, 5.74) is 4.92. The molecule has 0 aliphatic carbocycles. The Hall–Kier alpha value is -2.70. The quantitative estimate of drug-likeness (QED) is 0.697. The van der Waals surface area contributed by atoms with Crippen molar-refractivity contribution >= 4 is 17.5 Å². The number of anilines is 1. The molecule has 0 fully saturated rings. The molecule has 6 heteroatoms. The van der Waals surface area contributed by atoms with Crippen molar-refractivity contribution in [2.75, 3.05) is 38.3 Å². The Morgan fingerprint density at radius 3 is 2.67 bits per heavy atom. The molecule has 2 aromatic rings. The SMILES string of the molecule is COCC(=O)N1CCCCCCCNCc2cc(C(=O)NCCc3ccccc3C)ccc21. The molecule has 0 atom stereocenters. The Morgan fingerprint density at radius 1 is 1.06 bits per heavy atom. The van der Waals surface area contributed by atoms with Gasteiger partial charge in [-0.1, -0.05) is 43.5 Å². The molecule has 1 aliphatic heterocycles. The average molecular weight is 452 g/mol. The standard InChI is InChI=1S/C27H37N3O3/c1-21-10-6-7-11-22(21)14-16-29-27(32)23-12-13-25-24(18-23)19-28-15-8-4-3-5-9-17-30(25)26(31)20-33-2/h6-7,10-13,18,28H,3-5,8-9,14-17,19-20H2,1-2H3,(H,29,32). The van der Waals surface area contributed by atoms with Gasteiger partial charge in [-0.3, -0.25) is 9.59 Å². The van der Waals surface area contributed by atoms with E-state index in [-0.39, 0.29) is 18.4 Å². The topological polar surface area (TPSA) is 70.7 Å². The molecule has 0 saturated carbocycles. The maximum absolute atomic E-state index is 12.9. The Morgan fingerprint density at radius 2 is 1.85 bits per heavy atom. The summed E-state index contributed by atoms with van der Waals surface area (Å²) in [6, 6.07) is 13.9. The molecule has 2 amide bonds. The van der Waals surface area contributed by atoms with E-state index in [4.69, 9.17) is 4.74 Å². The van der Waals surface area contributed by atoms with E-state index in [2.05, 4.69) is 29.7 Å². The average Bonchev–Trinajstić information content (AvgIpc) is 2.80. The van der Waals surface area contributed by atoms with Crippen molar-refractivity contribution in [2.45, 2.75) is 52.0 Å². The first-order valence-electron chi connectivity index (χ1n) is 12.1. The van der Waals surface area contributed by atoms with Gasteiger partial charge in [0.1, 0.15) is 6.61 Å². The van der Waals surface area contributed by atoms with Gasteiger partial charge >= 0.3 is 0 Å². The van der Waals surface area contributed by atoms with Gasteiger partial charge in [-0.15, -0.1) is 0 Å². The van der Waals surface area contributed by atoms with Gasteiger partial charge in [0.2, 0.25) is 0 Å². The van der Waals surface area contributed by atoms with Gasteiger partial charge in [0.15, 0.2) is 0 Å². The fraction of sp³-hybridized carbons (Fsp3) is 0.481. The molecule has 3 rings (SSSR count). The van der Waals surface area contributed by atoms with Gasteiger partial charge in [0.25, 0.3) is 11.8 Å². The van der Waals surface area contributed by atoms with E-state index in [0.29, 0.717) is 25.2 Å². The zero-order valence-corrected chi connectivity index (χ0v) is 20.0. The summed E-state index contributed by atoms with van der Waals surface area (Å²) in [4.78, 5) is 27.5. The van der Waals surface area contributed by atoms with E-state index in [1.807, 2.05) is 35.2 Å². The second-order valence-electron chi connectivity index (χ2n) is 8.70. The second-order valence-corrected chi connectivity index (χ2v) is 8.70. The smallest absolute Gasteiger partial charge is 0.252 e. The molecule has 2 aromatic carbocycles. The van der Waals surface area contributed by atoms with Crippen molar-refractivity contribution in [1.82, 2.24) is 10.6 Å². The van der Waals surface area contributed by atoms with Crippen LogP contribution >= 0.6 is 0 Å². The second kappa shape index (κ2) is 13.1. The molecule has 6 nitrogen and oxygen atoms in total. The van der Waals surface area contributed by atoms with Crippen molar-refractivity contribution in [3.8, 4) is 0 Å². The van der Waals surface area contributed by atoms with Crippen molar-refractivity contribution in [2.24, 2.45) is 0 Å². The van der Waals surface area contributed by atoms with Gasteiger partial charge in [0, 0.05) is 38.0 Å². The molecule has 0 radical (unpaired) electrons. The highest BCUT2D eigenvalue weighted by Gasteiger charge is 2.20. The monoisotopic (exact) mass is 451 g/mol. The Bertz CT molecular complexity index is 929. The lowest BCUT2D eigenvalue weighted by Gasteiger charge is -2.26. The number of carbonyl (C=O) groups is 2. The summed E-state index contributed by atoms with van der Waals surface area (Å²) >= 11 is 0. The zero-order valence-electron chi connectivity index (χ0n) is 20.0. The summed E-state index contributed by atoms with van der Waals surface area (Å²) < 4.78 is 5.12. The number of aryl methyl sites for hydroxylation is 1. The van der Waals surface area contributed by atoms with E-state index in [1.54, 1.807) is 7.11 Å². The van der Waals surface area contributed by atoms with Crippen LogP contribution in [0, 0.1) is 6.92 Å². The molecular formula is C27H37N3O3. The lowest BCUT2D eigenvalue weighted by atomic mass is 10.0. The minimum Gasteiger partial charge on any atom is -0.375 e. The number of amides is 2. The summed E-state index contributed by atoms with van der Waals surface area (Å²) in [5, 5.41) is 6.53. The predicted molar refractivity (Wildman–Crippen MR) is 133 cm³/mol. The van der Waals surface area contributed by atoms with Crippen LogP contribution in [0.1, 0.15) is 59.2 Å². The number of hydrogen-bond donors (Lipinski definition) is 2. The van der Waals surface area contributed by atoms with Crippen LogP contribution in [0.3, 0.4) is 0 Å². The number of carbonyl (C=O) groups excluding carboxylic acids is 2. The number of hydrogen-bond acceptors (Lipinski definition) is 4. The highest BCUT2D eigenvalue weighted by atomic mass is 16.5. The van der Waals surface area contributed by atoms with E-state index in [9.17, 15) is 9.59 Å². The summed E-state index contributed by atoms with van der Waals surface area (Å²) in [6.07, 6.45) is 6.37. The Labute approximate surface area is 197 Å². The first-order chi connectivity index (χ1) is 16.1. The normalized spacial score (nSPS) is 15.2. The Kier molecular flexibility index (Phi) is 9.91. The van der Waals surface area contributed by atoms with Crippen LogP contribution in [0.4, 0.5) is 5.69 Å². The largest absolute Gasteiger partial charge is 0.375 e. The predicted octanol–water partition coefficient (Wildman–Crippen LogP) is 4.00. The zero-order chi connectivity index (χ0) is 23.5. The molecular weight excluding hydrogens is 414 g/mol. The van der Waals surface area contributed by atoms with Crippen LogP contribution in [0.5, 0.6) is 0 Å². The van der Waals surface area contributed by atoms with Crippen molar-refractivity contribution in [3.63, 3.8) is 0 Å². The minimum absolute atomic E-state index is 0.0496. The lowest BCUT2D eigenvalue weighted by molar-refractivity contribution is -0.122. The van der Waals surface area contributed by atoms with Crippen molar-refractivity contribution in [1.29, 1.82) is 0 Å². The molecule has 0 unspecified atom stereocenters. The molecule has 0 spiro atoms. The molecule has 1 aliphatic rings. The van der Waals surface area contributed by atoms with Crippen LogP contribution in [0.2, 0.25) is 0 Å². The number of benzene rings is 2. The number of ether oxygens (including phenoxy) is 1. The third-order valence-electron chi connectivity index (χ3n) is 6.19. The van der Waals surface area contributed by atoms with Crippen LogP contribution in [-0.2, 0) is 22.5 Å². The van der Waals surface area contributed by atoms with E-state index in [0.717, 1.165) is 43.5 Å². The Balaban J connectivity index is 1.75. The molecule has 1 heterocycles. The molecule has 33 heavy (non-hydrogen) atoms. The van der Waals surface area contributed by atoms with Crippen molar-refractivity contribution in [3.05, 3.63) is 64.7 Å². The number of nitrogens with zero attached hydrogens (tertiary/aromatic N) is 1. The van der Waals surface area contributed by atoms with E-state index in [1.165, 1.54) is 24.0 Å². The minimum atomic E-state index is -0.0905. The fourth-order valence-corrected chi connectivity index (χ4v) is 4.29. The molecule has 0 bridgehead atoms. The summed E-state index contributed by atoms with van der Waals surface area (Å²) in [5.74, 6) is -0.140. The summed E-state index contributed by atoms with van der Waals surface area (Å²) in [7, 11) is 1.54. The number of nitrogens with one attached hydrogen (secondary N) is 2. The van der Waals surface area contributed by atoms with Gasteiger partial charge < -0.3 is 20.3 Å².